The van der Waals surface area contributed by atoms with Gasteiger partial charge in [-0.3, -0.25) is 4.79 Å². The molecule has 0 spiro atoms. The van der Waals surface area contributed by atoms with Crippen molar-refractivity contribution in [3.05, 3.63) is 11.6 Å². The molecule has 2 heteroatoms. The van der Waals surface area contributed by atoms with Gasteiger partial charge >= 0.3 is 0 Å². The summed E-state index contributed by atoms with van der Waals surface area (Å²) in [6.45, 7) is 19.3. The van der Waals surface area contributed by atoms with Crippen LogP contribution in [-0.4, -0.2) is 17.0 Å². The monoisotopic (exact) mass is 440 g/mol. The fraction of sp³-hybridized carbons (Fsp3) is 0.900. The Kier molecular flexibility index (Phi) is 4.87. The Hall–Kier alpha value is -0.630. The van der Waals surface area contributed by atoms with E-state index in [1.807, 2.05) is 0 Å². The Bertz CT molecular complexity index is 855. The first kappa shape index (κ1) is 23.1. The summed E-state index contributed by atoms with van der Waals surface area (Å²) in [5.74, 6) is 3.25. The predicted molar refractivity (Wildman–Crippen MR) is 131 cm³/mol. The minimum absolute atomic E-state index is 0.0621. The van der Waals surface area contributed by atoms with E-state index in [2.05, 4.69) is 61.5 Å². The van der Waals surface area contributed by atoms with Crippen LogP contribution in [0.5, 0.6) is 0 Å². The zero-order valence-electron chi connectivity index (χ0n) is 22.1. The number of ketones is 1. The number of aliphatic hydroxyl groups excluding tert-OH is 1. The van der Waals surface area contributed by atoms with Gasteiger partial charge in [-0.15, -0.1) is 0 Å². The molecular weight excluding hydrogens is 392 g/mol. The van der Waals surface area contributed by atoms with E-state index >= 15 is 0 Å². The lowest BCUT2D eigenvalue weighted by molar-refractivity contribution is -0.261. The van der Waals surface area contributed by atoms with Gasteiger partial charge in [-0.25, -0.2) is 0 Å². The van der Waals surface area contributed by atoms with Gasteiger partial charge in [0.25, 0.3) is 0 Å². The number of carbonyl (C=O) groups excluding carboxylic acids is 1. The van der Waals surface area contributed by atoms with Gasteiger partial charge in [0.15, 0.2) is 0 Å². The molecule has 180 valence electrons. The fourth-order valence-corrected chi connectivity index (χ4v) is 11.3. The molecule has 5 aliphatic rings. The maximum atomic E-state index is 12.9. The molecule has 0 radical (unpaired) electrons. The number of carbonyl (C=O) groups is 1. The highest BCUT2D eigenvalue weighted by Gasteiger charge is 2.71. The normalized spacial score (nSPS) is 56.9. The minimum atomic E-state index is -0.406. The lowest BCUT2D eigenvalue weighted by Gasteiger charge is -2.73. The van der Waals surface area contributed by atoms with E-state index in [9.17, 15) is 9.90 Å². The van der Waals surface area contributed by atoms with Crippen LogP contribution in [0.4, 0.5) is 0 Å². The van der Waals surface area contributed by atoms with Crippen LogP contribution in [0.25, 0.3) is 0 Å². The average molecular weight is 441 g/mol. The standard InChI is InChI=1S/C30H48O2/c1-18-11-13-27(5)15-16-29(7)20(24(27)19(18)2)9-10-22-28(6)14-12-23(32)26(3,4)25(28)21(31)17-30(22,29)8/h11,19-22,24-25,31H,9-10,12-17H2,1-8H3/t19-,20-,21-,22-,24-,25-,27-,28-,29-,30-/m1/s1. The molecule has 0 aromatic heterocycles. The second-order valence-corrected chi connectivity index (χ2v) is 14.6. The summed E-state index contributed by atoms with van der Waals surface area (Å²) in [4.78, 5) is 12.9. The number of rotatable bonds is 0. The van der Waals surface area contributed by atoms with Crippen LogP contribution in [0.3, 0.4) is 0 Å². The van der Waals surface area contributed by atoms with Gasteiger partial charge in [0, 0.05) is 17.8 Å². The second kappa shape index (κ2) is 6.73. The third-order valence-corrected chi connectivity index (χ3v) is 13.2. The SMILES string of the molecule is CC1=CC[C@]2(C)CC[C@]3(C)[C@H](CC[C@@H]4[C@@]5(C)CCC(=O)C(C)(C)[C@H]5[C@H](O)C[C@]43C)[C@H]2[C@@H]1C. The zero-order chi connectivity index (χ0) is 23.5. The topological polar surface area (TPSA) is 37.3 Å². The molecule has 1 N–H and O–H groups in total. The molecule has 0 amide bonds. The summed E-state index contributed by atoms with van der Waals surface area (Å²) in [6.07, 6.45) is 11.2. The van der Waals surface area contributed by atoms with Crippen LogP contribution in [0.2, 0.25) is 0 Å². The van der Waals surface area contributed by atoms with Gasteiger partial charge in [0.1, 0.15) is 5.78 Å². The van der Waals surface area contributed by atoms with Crippen LogP contribution in [0.15, 0.2) is 11.6 Å². The summed E-state index contributed by atoms with van der Waals surface area (Å²) < 4.78 is 0. The van der Waals surface area contributed by atoms with Gasteiger partial charge < -0.3 is 5.11 Å². The van der Waals surface area contributed by atoms with Crippen molar-refractivity contribution in [2.24, 2.45) is 56.7 Å². The van der Waals surface area contributed by atoms with Gasteiger partial charge in [-0.1, -0.05) is 60.1 Å². The largest absolute Gasteiger partial charge is 0.393 e. The zero-order valence-corrected chi connectivity index (χ0v) is 22.1. The average Bonchev–Trinajstić information content (AvgIpc) is 2.69. The Morgan fingerprint density at radius 1 is 0.969 bits per heavy atom. The van der Waals surface area contributed by atoms with Crippen LogP contribution < -0.4 is 0 Å². The molecule has 5 rings (SSSR count). The smallest absolute Gasteiger partial charge is 0.138 e. The van der Waals surface area contributed by atoms with Crippen molar-refractivity contribution in [3.8, 4) is 0 Å². The molecule has 5 aliphatic carbocycles. The van der Waals surface area contributed by atoms with E-state index in [-0.39, 0.29) is 28.3 Å². The van der Waals surface area contributed by atoms with E-state index in [1.165, 1.54) is 32.1 Å². The van der Waals surface area contributed by atoms with Crippen LogP contribution >= 0.6 is 0 Å². The summed E-state index contributed by atoms with van der Waals surface area (Å²) in [5, 5.41) is 11.7. The quantitative estimate of drug-likeness (QED) is 0.404. The summed E-state index contributed by atoms with van der Waals surface area (Å²) >= 11 is 0. The molecule has 0 saturated heterocycles. The molecule has 0 heterocycles. The number of allylic oxidation sites excluding steroid dienone is 2. The molecule has 0 unspecified atom stereocenters. The number of Topliss-reactive ketones (excluding diaryl/α,β-unsaturated/α-hetero) is 1. The highest BCUT2D eigenvalue weighted by atomic mass is 16.3. The van der Waals surface area contributed by atoms with Crippen molar-refractivity contribution in [1.82, 2.24) is 0 Å². The molecule has 4 fully saturated rings. The summed E-state index contributed by atoms with van der Waals surface area (Å²) in [5.41, 5.74) is 2.11. The molecule has 2 nitrogen and oxygen atoms in total. The second-order valence-electron chi connectivity index (χ2n) is 14.6. The van der Waals surface area contributed by atoms with Crippen molar-refractivity contribution in [1.29, 1.82) is 0 Å². The van der Waals surface area contributed by atoms with Crippen molar-refractivity contribution < 1.29 is 9.90 Å². The first-order valence-electron chi connectivity index (χ1n) is 13.6. The van der Waals surface area contributed by atoms with Gasteiger partial charge in [-0.2, -0.15) is 0 Å². The molecule has 10 atom stereocenters. The first-order valence-corrected chi connectivity index (χ1v) is 13.6. The van der Waals surface area contributed by atoms with Gasteiger partial charge in [0.2, 0.25) is 0 Å². The number of hydrogen-bond acceptors (Lipinski definition) is 2. The molecule has 0 aliphatic heterocycles. The van der Waals surface area contributed by atoms with Crippen molar-refractivity contribution in [2.45, 2.75) is 113 Å². The van der Waals surface area contributed by atoms with E-state index < -0.39 is 5.41 Å². The lowest BCUT2D eigenvalue weighted by Crippen LogP contribution is -2.69. The predicted octanol–water partition coefficient (Wildman–Crippen LogP) is 7.20. The van der Waals surface area contributed by atoms with Crippen molar-refractivity contribution in [2.75, 3.05) is 0 Å². The Labute approximate surface area is 197 Å². The molecule has 0 bridgehead atoms. The summed E-state index contributed by atoms with van der Waals surface area (Å²) in [7, 11) is 0. The number of hydrogen-bond donors (Lipinski definition) is 1. The van der Waals surface area contributed by atoms with Gasteiger partial charge in [0.05, 0.1) is 6.10 Å². The molecule has 4 saturated carbocycles. The Balaban J connectivity index is 1.59. The maximum absolute atomic E-state index is 12.9. The van der Waals surface area contributed by atoms with Crippen molar-refractivity contribution in [3.63, 3.8) is 0 Å². The third kappa shape index (κ3) is 2.60. The minimum Gasteiger partial charge on any atom is -0.393 e. The number of fused-ring (bicyclic) bond motifs is 7. The van der Waals surface area contributed by atoms with E-state index in [1.54, 1.807) is 5.57 Å². The lowest BCUT2D eigenvalue weighted by atomic mass is 9.31. The van der Waals surface area contributed by atoms with E-state index in [0.717, 1.165) is 24.7 Å². The molecular formula is C30H48O2. The fourth-order valence-electron chi connectivity index (χ4n) is 11.3. The highest BCUT2D eigenvalue weighted by Crippen LogP contribution is 2.76. The third-order valence-electron chi connectivity index (χ3n) is 13.2. The van der Waals surface area contributed by atoms with E-state index in [4.69, 9.17) is 0 Å². The van der Waals surface area contributed by atoms with Crippen molar-refractivity contribution >= 4 is 5.78 Å². The van der Waals surface area contributed by atoms with Crippen LogP contribution in [0.1, 0.15) is 107 Å². The Morgan fingerprint density at radius 3 is 2.34 bits per heavy atom. The first-order chi connectivity index (χ1) is 14.7. The van der Waals surface area contributed by atoms with E-state index in [0.29, 0.717) is 29.5 Å². The van der Waals surface area contributed by atoms with Crippen LogP contribution in [0, 0.1) is 56.7 Å². The molecule has 0 aromatic carbocycles. The highest BCUT2D eigenvalue weighted by molar-refractivity contribution is 5.85. The van der Waals surface area contributed by atoms with Gasteiger partial charge in [-0.05, 0) is 97.2 Å². The Morgan fingerprint density at radius 2 is 1.66 bits per heavy atom. The van der Waals surface area contributed by atoms with Crippen LogP contribution in [-0.2, 0) is 4.79 Å². The molecule has 0 aromatic rings. The maximum Gasteiger partial charge on any atom is 0.138 e. The molecule has 32 heavy (non-hydrogen) atoms. The number of aliphatic hydroxyl groups is 1. The summed E-state index contributed by atoms with van der Waals surface area (Å²) in [6, 6.07) is 0.